The molecule has 0 atom stereocenters. The highest BCUT2D eigenvalue weighted by atomic mass is 16.4. The Morgan fingerprint density at radius 3 is 2.45 bits per heavy atom. The van der Waals surface area contributed by atoms with Crippen molar-refractivity contribution in [2.45, 2.75) is 58.0 Å². The molecule has 0 amide bonds. The van der Waals surface area contributed by atoms with Gasteiger partial charge >= 0.3 is 5.97 Å². The lowest BCUT2D eigenvalue weighted by atomic mass is 9.93. The third kappa shape index (κ3) is 4.64. The largest absolute Gasteiger partial charge is 0.481 e. The van der Waals surface area contributed by atoms with Crippen molar-refractivity contribution in [2.24, 2.45) is 0 Å². The average Bonchev–Trinajstić information content (AvgIpc) is 2.46. The maximum absolute atomic E-state index is 10.9. The number of carboxylic acid groups (broad SMARTS) is 1. The summed E-state index contributed by atoms with van der Waals surface area (Å²) in [5.41, 5.74) is 2.55. The minimum Gasteiger partial charge on any atom is -0.481 e. The van der Waals surface area contributed by atoms with Gasteiger partial charge < -0.3 is 5.11 Å². The van der Waals surface area contributed by atoms with Gasteiger partial charge in [0.15, 0.2) is 0 Å². The monoisotopic (exact) mass is 275 g/mol. The highest BCUT2D eigenvalue weighted by Crippen LogP contribution is 2.24. The lowest BCUT2D eigenvalue weighted by Gasteiger charge is -2.34. The summed E-state index contributed by atoms with van der Waals surface area (Å²) in [5, 5.41) is 8.94. The summed E-state index contributed by atoms with van der Waals surface area (Å²) in [6.45, 7) is 3.62. The van der Waals surface area contributed by atoms with Crippen LogP contribution in [0.15, 0.2) is 24.3 Å². The third-order valence-corrected chi connectivity index (χ3v) is 4.21. The molecule has 1 fully saturated rings. The molecule has 1 N–H and O–H groups in total. The zero-order chi connectivity index (χ0) is 14.4. The van der Waals surface area contributed by atoms with Crippen LogP contribution in [0.3, 0.4) is 0 Å². The zero-order valence-electron chi connectivity index (χ0n) is 12.3. The van der Waals surface area contributed by atoms with Crippen molar-refractivity contribution in [1.29, 1.82) is 0 Å². The molecule has 0 radical (unpaired) electrons. The molecular formula is C17H25NO2. The lowest BCUT2D eigenvalue weighted by Crippen LogP contribution is -2.37. The van der Waals surface area contributed by atoms with Crippen LogP contribution in [-0.4, -0.2) is 28.6 Å². The molecule has 0 spiro atoms. The van der Waals surface area contributed by atoms with Crippen LogP contribution in [0.2, 0.25) is 0 Å². The van der Waals surface area contributed by atoms with Gasteiger partial charge in [0.25, 0.3) is 0 Å². The quantitative estimate of drug-likeness (QED) is 0.862. The van der Waals surface area contributed by atoms with E-state index in [1.807, 2.05) is 0 Å². The van der Waals surface area contributed by atoms with Crippen LogP contribution in [0.5, 0.6) is 0 Å². The van der Waals surface area contributed by atoms with Gasteiger partial charge in [0.05, 0.1) is 6.42 Å². The number of aliphatic carboxylic acids is 1. The molecule has 1 aromatic rings. The van der Waals surface area contributed by atoms with Crippen LogP contribution in [0.25, 0.3) is 0 Å². The minimum atomic E-state index is -0.699. The minimum absolute atomic E-state index is 0.238. The van der Waals surface area contributed by atoms with Crippen molar-refractivity contribution in [3.8, 4) is 0 Å². The van der Waals surface area contributed by atoms with E-state index >= 15 is 0 Å². The molecule has 0 aliphatic heterocycles. The van der Waals surface area contributed by atoms with Gasteiger partial charge in [-0.1, -0.05) is 49.1 Å². The van der Waals surface area contributed by atoms with E-state index in [2.05, 4.69) is 36.1 Å². The Hall–Kier alpha value is -1.35. The van der Waals surface area contributed by atoms with Crippen LogP contribution in [0.4, 0.5) is 0 Å². The number of rotatable bonds is 6. The summed E-state index contributed by atoms with van der Waals surface area (Å²) < 4.78 is 0. The van der Waals surface area contributed by atoms with E-state index in [9.17, 15) is 4.79 Å². The normalized spacial score (nSPS) is 16.5. The lowest BCUT2D eigenvalue weighted by molar-refractivity contribution is -0.137. The van der Waals surface area contributed by atoms with Crippen LogP contribution < -0.4 is 0 Å². The highest BCUT2D eigenvalue weighted by molar-refractivity contribution is 5.66. The topological polar surface area (TPSA) is 40.5 Å². The van der Waals surface area contributed by atoms with Crippen LogP contribution in [0, 0.1) is 6.92 Å². The first-order valence-electron chi connectivity index (χ1n) is 7.66. The molecule has 1 saturated carbocycles. The number of nitrogens with zero attached hydrogens (tertiary/aromatic N) is 1. The molecular weight excluding hydrogens is 250 g/mol. The summed E-state index contributed by atoms with van der Waals surface area (Å²) >= 11 is 0. The van der Waals surface area contributed by atoms with Gasteiger partial charge in [0, 0.05) is 19.1 Å². The standard InChI is InChI=1S/C17H25NO2/c1-14-7-9-15(10-8-14)13-18(12-11-17(19)20)16-5-3-2-4-6-16/h7-10,16H,2-6,11-13H2,1H3,(H,19,20). The molecule has 20 heavy (non-hydrogen) atoms. The van der Waals surface area contributed by atoms with Gasteiger partial charge in [-0.25, -0.2) is 0 Å². The second-order valence-corrected chi connectivity index (χ2v) is 5.89. The number of benzene rings is 1. The zero-order valence-corrected chi connectivity index (χ0v) is 12.3. The molecule has 0 saturated heterocycles. The van der Waals surface area contributed by atoms with E-state index in [-0.39, 0.29) is 6.42 Å². The first kappa shape index (κ1) is 15.0. The van der Waals surface area contributed by atoms with Crippen molar-refractivity contribution in [2.75, 3.05) is 6.54 Å². The number of carboxylic acids is 1. The second-order valence-electron chi connectivity index (χ2n) is 5.89. The van der Waals surface area contributed by atoms with Crippen molar-refractivity contribution >= 4 is 5.97 Å². The van der Waals surface area contributed by atoms with E-state index in [0.717, 1.165) is 6.54 Å². The van der Waals surface area contributed by atoms with Gasteiger partial charge in [0.1, 0.15) is 0 Å². The molecule has 3 heteroatoms. The smallest absolute Gasteiger partial charge is 0.304 e. The fourth-order valence-corrected chi connectivity index (χ4v) is 3.00. The molecule has 3 nitrogen and oxygen atoms in total. The Bertz CT molecular complexity index is 421. The Morgan fingerprint density at radius 1 is 1.20 bits per heavy atom. The maximum Gasteiger partial charge on any atom is 0.304 e. The average molecular weight is 275 g/mol. The maximum atomic E-state index is 10.9. The predicted molar refractivity (Wildman–Crippen MR) is 80.7 cm³/mol. The van der Waals surface area contributed by atoms with Crippen molar-refractivity contribution in [1.82, 2.24) is 4.90 Å². The van der Waals surface area contributed by atoms with Crippen molar-refractivity contribution < 1.29 is 9.90 Å². The predicted octanol–water partition coefficient (Wildman–Crippen LogP) is 3.60. The molecule has 2 rings (SSSR count). The van der Waals surface area contributed by atoms with Gasteiger partial charge in [-0.15, -0.1) is 0 Å². The number of aryl methyl sites for hydroxylation is 1. The van der Waals surface area contributed by atoms with Crippen LogP contribution in [0.1, 0.15) is 49.7 Å². The molecule has 0 bridgehead atoms. The van der Waals surface area contributed by atoms with Gasteiger partial charge in [0.2, 0.25) is 0 Å². The molecule has 110 valence electrons. The Kier molecular flexibility index (Phi) is 5.60. The molecule has 0 unspecified atom stereocenters. The fraction of sp³-hybridized carbons (Fsp3) is 0.588. The van der Waals surface area contributed by atoms with E-state index in [1.165, 1.54) is 43.2 Å². The number of hydrogen-bond acceptors (Lipinski definition) is 2. The number of carbonyl (C=O) groups is 1. The second kappa shape index (κ2) is 7.44. The van der Waals surface area contributed by atoms with Gasteiger partial charge in [-0.2, -0.15) is 0 Å². The van der Waals surface area contributed by atoms with E-state index in [0.29, 0.717) is 12.6 Å². The molecule has 0 heterocycles. The Balaban J connectivity index is 2.00. The SMILES string of the molecule is Cc1ccc(CN(CCC(=O)O)C2CCCCC2)cc1. The molecule has 1 aliphatic carbocycles. The van der Waals surface area contributed by atoms with E-state index in [4.69, 9.17) is 5.11 Å². The first-order valence-corrected chi connectivity index (χ1v) is 7.66. The summed E-state index contributed by atoms with van der Waals surface area (Å²) in [5.74, 6) is -0.699. The number of hydrogen-bond donors (Lipinski definition) is 1. The van der Waals surface area contributed by atoms with Gasteiger partial charge in [-0.05, 0) is 25.3 Å². The highest BCUT2D eigenvalue weighted by Gasteiger charge is 2.21. The first-order chi connectivity index (χ1) is 9.65. The van der Waals surface area contributed by atoms with Crippen LogP contribution >= 0.6 is 0 Å². The Morgan fingerprint density at radius 2 is 1.85 bits per heavy atom. The summed E-state index contributed by atoms with van der Waals surface area (Å²) in [6.07, 6.45) is 6.55. The van der Waals surface area contributed by atoms with Crippen LogP contribution in [-0.2, 0) is 11.3 Å². The fourth-order valence-electron chi connectivity index (χ4n) is 3.00. The van der Waals surface area contributed by atoms with Crippen molar-refractivity contribution in [3.63, 3.8) is 0 Å². The molecule has 0 aromatic heterocycles. The molecule has 1 aliphatic rings. The van der Waals surface area contributed by atoms with E-state index < -0.39 is 5.97 Å². The van der Waals surface area contributed by atoms with Gasteiger partial charge in [-0.3, -0.25) is 9.69 Å². The Labute approximate surface area is 121 Å². The summed E-state index contributed by atoms with van der Waals surface area (Å²) in [4.78, 5) is 13.2. The summed E-state index contributed by atoms with van der Waals surface area (Å²) in [6, 6.07) is 9.14. The van der Waals surface area contributed by atoms with E-state index in [1.54, 1.807) is 0 Å². The molecule has 1 aromatic carbocycles. The summed E-state index contributed by atoms with van der Waals surface area (Å²) in [7, 11) is 0. The van der Waals surface area contributed by atoms with Crippen molar-refractivity contribution in [3.05, 3.63) is 35.4 Å². The third-order valence-electron chi connectivity index (χ3n) is 4.21.